The predicted octanol–water partition coefficient (Wildman–Crippen LogP) is 1.98. The molecule has 1 heterocycles. The highest BCUT2D eigenvalue weighted by atomic mass is 16.5. The lowest BCUT2D eigenvalue weighted by molar-refractivity contribution is -0.139. The Balaban J connectivity index is 2.38. The van der Waals surface area contributed by atoms with Crippen LogP contribution in [0.1, 0.15) is 18.9 Å². The fourth-order valence-electron chi connectivity index (χ4n) is 1.70. The minimum Gasteiger partial charge on any atom is -0.463 e. The fraction of sp³-hybridized carbons (Fsp3) is 0.231. The third-order valence-corrected chi connectivity index (χ3v) is 2.45. The first kappa shape index (κ1) is 11.4. The zero-order valence-electron chi connectivity index (χ0n) is 9.53. The number of rotatable bonds is 2. The van der Waals surface area contributed by atoms with Gasteiger partial charge < -0.3 is 10.1 Å². The number of carbonyl (C=O) groups is 2. The SMILES string of the molecule is CCOC(=O)C1=Cc2ccccc2NC(=O)C1. The quantitative estimate of drug-likeness (QED) is 0.792. The first-order valence-electron chi connectivity index (χ1n) is 5.47. The maximum absolute atomic E-state index is 11.6. The Kier molecular flexibility index (Phi) is 3.23. The van der Waals surface area contributed by atoms with E-state index in [1.165, 1.54) is 0 Å². The van der Waals surface area contributed by atoms with Crippen LogP contribution in [0, 0.1) is 0 Å². The van der Waals surface area contributed by atoms with Gasteiger partial charge in [0.1, 0.15) is 0 Å². The number of benzene rings is 1. The van der Waals surface area contributed by atoms with Crippen molar-refractivity contribution >= 4 is 23.6 Å². The molecule has 0 aliphatic carbocycles. The van der Waals surface area contributed by atoms with Gasteiger partial charge >= 0.3 is 5.97 Å². The molecule has 0 saturated carbocycles. The third kappa shape index (κ3) is 2.53. The Bertz CT molecular complexity index is 491. The molecule has 17 heavy (non-hydrogen) atoms. The van der Waals surface area contributed by atoms with E-state index in [9.17, 15) is 9.59 Å². The van der Waals surface area contributed by atoms with Crippen LogP contribution in [0.15, 0.2) is 29.8 Å². The first-order chi connectivity index (χ1) is 8.20. The van der Waals surface area contributed by atoms with Crippen LogP contribution in [0.2, 0.25) is 0 Å². The average molecular weight is 231 g/mol. The molecule has 88 valence electrons. The van der Waals surface area contributed by atoms with Crippen LogP contribution >= 0.6 is 0 Å². The summed E-state index contributed by atoms with van der Waals surface area (Å²) >= 11 is 0. The van der Waals surface area contributed by atoms with Crippen molar-refractivity contribution in [1.29, 1.82) is 0 Å². The van der Waals surface area contributed by atoms with Crippen molar-refractivity contribution in [2.24, 2.45) is 0 Å². The van der Waals surface area contributed by atoms with E-state index in [-0.39, 0.29) is 12.3 Å². The van der Waals surface area contributed by atoms with Crippen LogP contribution in [0.25, 0.3) is 6.08 Å². The highest BCUT2D eigenvalue weighted by Gasteiger charge is 2.19. The summed E-state index contributed by atoms with van der Waals surface area (Å²) in [5, 5.41) is 2.75. The molecular weight excluding hydrogens is 218 g/mol. The van der Waals surface area contributed by atoms with Gasteiger partial charge in [0.2, 0.25) is 5.91 Å². The van der Waals surface area contributed by atoms with Gasteiger partial charge in [-0.1, -0.05) is 18.2 Å². The van der Waals surface area contributed by atoms with Crippen molar-refractivity contribution in [1.82, 2.24) is 0 Å². The summed E-state index contributed by atoms with van der Waals surface area (Å²) in [5.41, 5.74) is 1.92. The van der Waals surface area contributed by atoms with Crippen molar-refractivity contribution < 1.29 is 14.3 Å². The summed E-state index contributed by atoms with van der Waals surface area (Å²) in [4.78, 5) is 23.2. The number of fused-ring (bicyclic) bond motifs is 1. The second kappa shape index (κ2) is 4.82. The summed E-state index contributed by atoms with van der Waals surface area (Å²) in [5.74, 6) is -0.631. The van der Waals surface area contributed by atoms with Gasteiger partial charge in [0.15, 0.2) is 0 Å². The lowest BCUT2D eigenvalue weighted by Gasteiger charge is -2.03. The van der Waals surface area contributed by atoms with Gasteiger partial charge in [-0.15, -0.1) is 0 Å². The van der Waals surface area contributed by atoms with E-state index >= 15 is 0 Å². The Hall–Kier alpha value is -2.10. The van der Waals surface area contributed by atoms with Crippen LogP contribution in [0.5, 0.6) is 0 Å². The minimum atomic E-state index is -0.431. The van der Waals surface area contributed by atoms with Gasteiger partial charge in [-0.3, -0.25) is 4.79 Å². The molecule has 0 aromatic heterocycles. The Morgan fingerprint density at radius 3 is 2.94 bits per heavy atom. The van der Waals surface area contributed by atoms with E-state index in [1.807, 2.05) is 18.2 Å². The molecule has 1 N–H and O–H groups in total. The third-order valence-electron chi connectivity index (χ3n) is 2.45. The number of esters is 1. The molecule has 0 bridgehead atoms. The molecule has 1 aliphatic rings. The molecule has 4 nitrogen and oxygen atoms in total. The molecule has 1 aliphatic heterocycles. The summed E-state index contributed by atoms with van der Waals surface area (Å²) in [6, 6.07) is 7.34. The summed E-state index contributed by atoms with van der Waals surface area (Å²) < 4.78 is 4.91. The largest absolute Gasteiger partial charge is 0.463 e. The van der Waals surface area contributed by atoms with E-state index in [2.05, 4.69) is 5.32 Å². The van der Waals surface area contributed by atoms with E-state index in [0.29, 0.717) is 12.2 Å². The molecule has 1 amide bonds. The summed E-state index contributed by atoms with van der Waals surface area (Å²) in [6.07, 6.45) is 1.75. The number of para-hydroxylation sites is 1. The zero-order valence-corrected chi connectivity index (χ0v) is 9.53. The molecule has 0 unspecified atom stereocenters. The van der Waals surface area contributed by atoms with Crippen LogP contribution in [0.3, 0.4) is 0 Å². The van der Waals surface area contributed by atoms with Crippen molar-refractivity contribution in [2.75, 3.05) is 11.9 Å². The lowest BCUT2D eigenvalue weighted by Crippen LogP contribution is -2.15. The molecule has 4 heteroatoms. The molecule has 1 aromatic carbocycles. The highest BCUT2D eigenvalue weighted by molar-refractivity contribution is 6.06. The van der Waals surface area contributed by atoms with Crippen molar-refractivity contribution in [3.63, 3.8) is 0 Å². The molecule has 0 spiro atoms. The summed E-state index contributed by atoms with van der Waals surface area (Å²) in [7, 11) is 0. The molecule has 0 saturated heterocycles. The van der Waals surface area contributed by atoms with E-state index in [0.717, 1.165) is 11.3 Å². The highest BCUT2D eigenvalue weighted by Crippen LogP contribution is 2.24. The normalized spacial score (nSPS) is 14.2. The molecular formula is C13H13NO3. The van der Waals surface area contributed by atoms with Crippen LogP contribution in [-0.4, -0.2) is 18.5 Å². The van der Waals surface area contributed by atoms with Crippen LogP contribution in [0.4, 0.5) is 5.69 Å². The zero-order chi connectivity index (χ0) is 12.3. The second-order valence-corrected chi connectivity index (χ2v) is 3.70. The molecule has 0 fully saturated rings. The van der Waals surface area contributed by atoms with Gasteiger partial charge in [0.25, 0.3) is 0 Å². The Morgan fingerprint density at radius 2 is 2.18 bits per heavy atom. The summed E-state index contributed by atoms with van der Waals surface area (Å²) in [6.45, 7) is 2.04. The molecule has 0 atom stereocenters. The number of carbonyl (C=O) groups excluding carboxylic acids is 2. The van der Waals surface area contributed by atoms with Gasteiger partial charge in [0, 0.05) is 11.3 Å². The molecule has 1 aromatic rings. The van der Waals surface area contributed by atoms with Gasteiger partial charge in [-0.2, -0.15) is 0 Å². The number of anilines is 1. The maximum atomic E-state index is 11.6. The van der Waals surface area contributed by atoms with Gasteiger partial charge in [-0.05, 0) is 24.6 Å². The minimum absolute atomic E-state index is 0.0491. The molecule has 2 rings (SSSR count). The Morgan fingerprint density at radius 1 is 1.41 bits per heavy atom. The number of hydrogen-bond donors (Lipinski definition) is 1. The average Bonchev–Trinajstić information content (AvgIpc) is 2.47. The van der Waals surface area contributed by atoms with Crippen LogP contribution in [-0.2, 0) is 14.3 Å². The Labute approximate surface area is 99.3 Å². The smallest absolute Gasteiger partial charge is 0.334 e. The first-order valence-corrected chi connectivity index (χ1v) is 5.47. The lowest BCUT2D eigenvalue weighted by atomic mass is 10.1. The molecule has 0 radical (unpaired) electrons. The second-order valence-electron chi connectivity index (χ2n) is 3.70. The maximum Gasteiger partial charge on any atom is 0.334 e. The van der Waals surface area contributed by atoms with Crippen molar-refractivity contribution in [2.45, 2.75) is 13.3 Å². The number of amides is 1. The topological polar surface area (TPSA) is 55.4 Å². The standard InChI is InChI=1S/C13H13NO3/c1-2-17-13(16)10-7-9-5-3-4-6-11(9)14-12(15)8-10/h3-7H,2,8H2,1H3,(H,14,15). The number of nitrogens with one attached hydrogen (secondary N) is 1. The predicted molar refractivity (Wildman–Crippen MR) is 64.3 cm³/mol. The van der Waals surface area contributed by atoms with E-state index in [1.54, 1.807) is 19.1 Å². The van der Waals surface area contributed by atoms with E-state index < -0.39 is 5.97 Å². The number of ether oxygens (including phenoxy) is 1. The van der Waals surface area contributed by atoms with Crippen molar-refractivity contribution in [3.8, 4) is 0 Å². The van der Waals surface area contributed by atoms with Gasteiger partial charge in [0.05, 0.1) is 13.0 Å². The van der Waals surface area contributed by atoms with Crippen molar-refractivity contribution in [3.05, 3.63) is 35.4 Å². The van der Waals surface area contributed by atoms with E-state index in [4.69, 9.17) is 4.74 Å². The number of hydrogen-bond acceptors (Lipinski definition) is 3. The fourth-order valence-corrected chi connectivity index (χ4v) is 1.70. The monoisotopic (exact) mass is 231 g/mol. The van der Waals surface area contributed by atoms with Crippen LogP contribution < -0.4 is 5.32 Å². The van der Waals surface area contributed by atoms with Gasteiger partial charge in [-0.25, -0.2) is 4.79 Å².